The van der Waals surface area contributed by atoms with E-state index in [-0.39, 0.29) is 26.3 Å². The van der Waals surface area contributed by atoms with Crippen molar-refractivity contribution in [3.63, 3.8) is 0 Å². The first-order valence-corrected chi connectivity index (χ1v) is 8.75. The van der Waals surface area contributed by atoms with E-state index in [9.17, 15) is 12.8 Å². The lowest BCUT2D eigenvalue weighted by molar-refractivity contribution is 0.600. The van der Waals surface area contributed by atoms with Gasteiger partial charge in [0.05, 0.1) is 21.4 Å². The number of nitrogens with two attached hydrogens (primary N) is 1. The van der Waals surface area contributed by atoms with E-state index >= 15 is 0 Å². The van der Waals surface area contributed by atoms with E-state index in [1.54, 1.807) is 12.1 Å². The molecule has 0 saturated heterocycles. The van der Waals surface area contributed by atoms with Gasteiger partial charge in [-0.1, -0.05) is 23.2 Å². The second kappa shape index (κ2) is 6.15. The van der Waals surface area contributed by atoms with Crippen LogP contribution in [0.2, 0.25) is 10.0 Å². The van der Waals surface area contributed by atoms with Gasteiger partial charge in [-0.15, -0.1) is 0 Å². The molecule has 0 aliphatic carbocycles. The first-order chi connectivity index (χ1) is 9.70. The van der Waals surface area contributed by atoms with Crippen molar-refractivity contribution in [1.29, 1.82) is 0 Å². The number of sulfonamides is 1. The van der Waals surface area contributed by atoms with Crippen LogP contribution in [0.4, 0.5) is 15.8 Å². The second-order valence-corrected chi connectivity index (χ2v) is 7.74. The van der Waals surface area contributed by atoms with E-state index in [1.165, 1.54) is 6.07 Å². The zero-order valence-corrected chi connectivity index (χ0v) is 14.7. The van der Waals surface area contributed by atoms with Crippen LogP contribution in [0, 0.1) is 9.39 Å². The summed E-state index contributed by atoms with van der Waals surface area (Å²) in [5, 5.41) is -0.0347. The molecule has 0 aliphatic heterocycles. The summed E-state index contributed by atoms with van der Waals surface area (Å²) >= 11 is 13.8. The Kier molecular flexibility index (Phi) is 4.86. The lowest BCUT2D eigenvalue weighted by atomic mass is 10.3. The first kappa shape index (κ1) is 16.6. The summed E-state index contributed by atoms with van der Waals surface area (Å²) < 4.78 is 41.0. The highest BCUT2D eigenvalue weighted by Crippen LogP contribution is 2.30. The molecule has 21 heavy (non-hydrogen) atoms. The normalized spacial score (nSPS) is 11.4. The Morgan fingerprint density at radius 2 is 1.81 bits per heavy atom. The smallest absolute Gasteiger partial charge is 0.263 e. The molecule has 9 heteroatoms. The van der Waals surface area contributed by atoms with Crippen LogP contribution in [0.1, 0.15) is 0 Å². The second-order valence-electron chi connectivity index (χ2n) is 4.03. The van der Waals surface area contributed by atoms with E-state index in [1.807, 2.05) is 22.6 Å². The summed E-state index contributed by atoms with van der Waals surface area (Å²) in [5.41, 5.74) is 5.26. The maximum Gasteiger partial charge on any atom is 0.263 e. The maximum absolute atomic E-state index is 13.2. The molecule has 2 rings (SSSR count). The molecule has 0 aliphatic rings. The van der Waals surface area contributed by atoms with Gasteiger partial charge in [0.15, 0.2) is 0 Å². The minimum Gasteiger partial charge on any atom is -0.396 e. The molecule has 0 amide bonds. The monoisotopic (exact) mass is 460 g/mol. The first-order valence-electron chi connectivity index (χ1n) is 5.43. The molecular weight excluding hydrogens is 453 g/mol. The molecule has 3 N–H and O–H groups in total. The van der Waals surface area contributed by atoms with E-state index in [0.717, 1.165) is 15.7 Å². The third-order valence-corrected chi connectivity index (χ3v) is 5.33. The Labute approximate surface area is 144 Å². The van der Waals surface area contributed by atoms with Gasteiger partial charge >= 0.3 is 0 Å². The van der Waals surface area contributed by atoms with Crippen molar-refractivity contribution in [2.45, 2.75) is 4.90 Å². The van der Waals surface area contributed by atoms with E-state index in [0.29, 0.717) is 0 Å². The highest BCUT2D eigenvalue weighted by Gasteiger charge is 2.21. The summed E-state index contributed by atoms with van der Waals surface area (Å²) in [6, 6.07) is 6.61. The zero-order valence-electron chi connectivity index (χ0n) is 10.2. The lowest BCUT2D eigenvalue weighted by Crippen LogP contribution is -2.14. The van der Waals surface area contributed by atoms with Crippen LogP contribution in [0.15, 0.2) is 35.2 Å². The molecule has 0 heterocycles. The number of halogens is 4. The molecule has 0 spiro atoms. The summed E-state index contributed by atoms with van der Waals surface area (Å²) in [7, 11) is -4.03. The van der Waals surface area contributed by atoms with E-state index in [4.69, 9.17) is 28.9 Å². The molecule has 0 atom stereocenters. The van der Waals surface area contributed by atoms with Gasteiger partial charge < -0.3 is 5.73 Å². The van der Waals surface area contributed by atoms with Crippen molar-refractivity contribution in [1.82, 2.24) is 0 Å². The number of hydrogen-bond donors (Lipinski definition) is 2. The minimum atomic E-state index is -4.03. The van der Waals surface area contributed by atoms with Gasteiger partial charge in [-0.25, -0.2) is 12.8 Å². The fourth-order valence-corrected chi connectivity index (χ4v) is 4.11. The van der Waals surface area contributed by atoms with Crippen LogP contribution in [0.25, 0.3) is 0 Å². The van der Waals surface area contributed by atoms with E-state index in [2.05, 4.69) is 4.72 Å². The number of nitrogens with one attached hydrogen (secondary N) is 1. The largest absolute Gasteiger partial charge is 0.396 e. The summed E-state index contributed by atoms with van der Waals surface area (Å²) in [6.45, 7) is 0. The number of hydrogen-bond acceptors (Lipinski definition) is 3. The van der Waals surface area contributed by atoms with Crippen LogP contribution in [0.5, 0.6) is 0 Å². The molecular formula is C12H8Cl2FIN2O2S. The van der Waals surface area contributed by atoms with Crippen molar-refractivity contribution >= 4 is 67.2 Å². The van der Waals surface area contributed by atoms with Crippen LogP contribution >= 0.6 is 45.8 Å². The van der Waals surface area contributed by atoms with E-state index < -0.39 is 15.8 Å². The number of nitrogen functional groups attached to an aromatic ring is 1. The summed E-state index contributed by atoms with van der Waals surface area (Å²) in [4.78, 5) is -0.322. The summed E-state index contributed by atoms with van der Waals surface area (Å²) in [5.74, 6) is -0.786. The standard InChI is InChI=1S/C12H8Cl2FIN2O2S/c13-7-3-6(16)1-2-11(7)18-21(19,20)12-5-10(17)9(15)4-8(12)14/h1-5,18H,17H2. The number of anilines is 2. The SMILES string of the molecule is Nc1cc(S(=O)(=O)Nc2ccc(I)cc2Cl)c(Cl)cc1F. The molecule has 4 nitrogen and oxygen atoms in total. The Morgan fingerprint density at radius 1 is 1.14 bits per heavy atom. The molecule has 0 aromatic heterocycles. The zero-order chi connectivity index (χ0) is 15.8. The number of benzene rings is 2. The third kappa shape index (κ3) is 3.71. The Balaban J connectivity index is 2.46. The molecule has 0 fully saturated rings. The summed E-state index contributed by atoms with van der Waals surface area (Å²) in [6.07, 6.45) is 0. The highest BCUT2D eigenvalue weighted by atomic mass is 127. The highest BCUT2D eigenvalue weighted by molar-refractivity contribution is 14.1. The molecule has 0 bridgehead atoms. The fraction of sp³-hybridized carbons (Fsp3) is 0. The van der Waals surface area contributed by atoms with Crippen molar-refractivity contribution in [3.05, 3.63) is 49.8 Å². The van der Waals surface area contributed by atoms with Gasteiger partial charge in [0.1, 0.15) is 10.7 Å². The van der Waals surface area contributed by atoms with Crippen LogP contribution in [0.3, 0.4) is 0 Å². The van der Waals surface area contributed by atoms with Crippen molar-refractivity contribution < 1.29 is 12.8 Å². The van der Waals surface area contributed by atoms with Gasteiger partial charge in [-0.05, 0) is 52.9 Å². The minimum absolute atomic E-state index is 0.191. The van der Waals surface area contributed by atoms with Crippen molar-refractivity contribution in [2.75, 3.05) is 10.5 Å². The topological polar surface area (TPSA) is 72.2 Å². The molecule has 0 saturated carbocycles. The predicted octanol–water partition coefficient (Wildman–Crippen LogP) is 4.12. The molecule has 0 radical (unpaired) electrons. The number of rotatable bonds is 3. The molecule has 0 unspecified atom stereocenters. The Bertz CT molecular complexity index is 815. The average Bonchev–Trinajstić information content (AvgIpc) is 2.37. The predicted molar refractivity (Wildman–Crippen MR) is 90.8 cm³/mol. The fourth-order valence-electron chi connectivity index (χ4n) is 1.52. The van der Waals surface area contributed by atoms with Crippen LogP contribution in [-0.2, 0) is 10.0 Å². The Morgan fingerprint density at radius 3 is 2.43 bits per heavy atom. The van der Waals surface area contributed by atoms with Crippen molar-refractivity contribution in [3.8, 4) is 0 Å². The van der Waals surface area contributed by atoms with Gasteiger partial charge in [0.25, 0.3) is 10.0 Å². The molecule has 2 aromatic rings. The Hall–Kier alpha value is -0.770. The van der Waals surface area contributed by atoms with Crippen LogP contribution < -0.4 is 10.5 Å². The maximum atomic E-state index is 13.2. The third-order valence-electron chi connectivity index (χ3n) is 2.52. The molecule has 112 valence electrons. The van der Waals surface area contributed by atoms with Gasteiger partial charge in [-0.2, -0.15) is 0 Å². The van der Waals surface area contributed by atoms with Gasteiger partial charge in [-0.3, -0.25) is 4.72 Å². The van der Waals surface area contributed by atoms with Gasteiger partial charge in [0.2, 0.25) is 0 Å². The van der Waals surface area contributed by atoms with Gasteiger partial charge in [0, 0.05) is 3.57 Å². The average molecular weight is 461 g/mol. The van der Waals surface area contributed by atoms with Crippen LogP contribution in [-0.4, -0.2) is 8.42 Å². The lowest BCUT2D eigenvalue weighted by Gasteiger charge is -2.12. The molecule has 2 aromatic carbocycles. The van der Waals surface area contributed by atoms with Crippen molar-refractivity contribution in [2.24, 2.45) is 0 Å². The quantitative estimate of drug-likeness (QED) is 0.534.